The minimum Gasteiger partial charge on any atom is -0.250 e. The Labute approximate surface area is 146 Å². The molecule has 0 N–H and O–H groups in total. The minimum absolute atomic E-state index is 0.604. The van der Waals surface area contributed by atoms with Gasteiger partial charge in [0.2, 0.25) is 0 Å². The van der Waals surface area contributed by atoms with Crippen molar-refractivity contribution in [3.8, 4) is 0 Å². The fraction of sp³-hybridized carbons (Fsp3) is 0.421. The van der Waals surface area contributed by atoms with Crippen molar-refractivity contribution in [1.82, 2.24) is 19.7 Å². The van der Waals surface area contributed by atoms with E-state index in [1.807, 2.05) is 5.51 Å². The van der Waals surface area contributed by atoms with Gasteiger partial charge in [0.15, 0.2) is 5.82 Å². The number of nitrogens with zero attached hydrogens (tertiary/aromatic N) is 4. The van der Waals surface area contributed by atoms with Crippen LogP contribution >= 0.6 is 11.3 Å². The predicted octanol–water partition coefficient (Wildman–Crippen LogP) is 3.95. The molecule has 1 saturated carbocycles. The quantitative estimate of drug-likeness (QED) is 0.655. The van der Waals surface area contributed by atoms with Gasteiger partial charge >= 0.3 is 0 Å². The molecule has 1 fully saturated rings. The first-order valence-electron chi connectivity index (χ1n) is 8.66. The molecule has 0 unspecified atom stereocenters. The van der Waals surface area contributed by atoms with Gasteiger partial charge in [-0.1, -0.05) is 30.3 Å². The molecule has 1 aliphatic carbocycles. The third kappa shape index (κ3) is 3.56. The van der Waals surface area contributed by atoms with E-state index in [9.17, 15) is 0 Å². The highest BCUT2D eigenvalue weighted by Gasteiger charge is 2.28. The van der Waals surface area contributed by atoms with Gasteiger partial charge in [0, 0.05) is 23.8 Å². The molecular weight excluding hydrogens is 316 g/mol. The van der Waals surface area contributed by atoms with Crippen molar-refractivity contribution in [2.24, 2.45) is 0 Å². The summed E-state index contributed by atoms with van der Waals surface area (Å²) < 4.78 is 2.14. The Balaban J connectivity index is 1.48. The first-order chi connectivity index (χ1) is 11.8. The maximum absolute atomic E-state index is 4.85. The van der Waals surface area contributed by atoms with Gasteiger partial charge in [-0.2, -0.15) is 5.10 Å². The summed E-state index contributed by atoms with van der Waals surface area (Å²) >= 11 is 1.74. The maximum atomic E-state index is 4.85. The Kier molecular flexibility index (Phi) is 4.43. The van der Waals surface area contributed by atoms with Crippen molar-refractivity contribution in [2.75, 3.05) is 0 Å². The van der Waals surface area contributed by atoms with E-state index in [4.69, 9.17) is 10.1 Å². The molecule has 24 heavy (non-hydrogen) atoms. The Morgan fingerprint density at radius 3 is 2.67 bits per heavy atom. The van der Waals surface area contributed by atoms with Crippen molar-refractivity contribution in [1.29, 1.82) is 0 Å². The molecule has 0 radical (unpaired) electrons. The Morgan fingerprint density at radius 2 is 1.96 bits per heavy atom. The van der Waals surface area contributed by atoms with E-state index >= 15 is 0 Å². The number of benzene rings is 1. The lowest BCUT2D eigenvalue weighted by Gasteiger charge is -2.06. The zero-order valence-corrected chi connectivity index (χ0v) is 14.8. The summed E-state index contributed by atoms with van der Waals surface area (Å²) in [5.74, 6) is 2.78. The van der Waals surface area contributed by atoms with Crippen molar-refractivity contribution >= 4 is 11.3 Å². The average Bonchev–Trinajstić information content (AvgIpc) is 3.26. The molecule has 1 aromatic carbocycles. The topological polar surface area (TPSA) is 43.6 Å². The second-order valence-corrected chi connectivity index (χ2v) is 7.42. The van der Waals surface area contributed by atoms with Gasteiger partial charge in [-0.25, -0.2) is 14.6 Å². The lowest BCUT2D eigenvalue weighted by Crippen LogP contribution is -2.09. The smallest absolute Gasteiger partial charge is 0.154 e. The van der Waals surface area contributed by atoms with E-state index in [1.54, 1.807) is 11.3 Å². The number of aryl methyl sites for hydroxylation is 5. The number of hydrogen-bond donors (Lipinski definition) is 0. The molecule has 2 heterocycles. The molecule has 5 heteroatoms. The highest BCUT2D eigenvalue weighted by atomic mass is 32.1. The lowest BCUT2D eigenvalue weighted by atomic mass is 10.1. The Morgan fingerprint density at radius 1 is 1.12 bits per heavy atom. The SMILES string of the molecule is Cc1ncsc1CCc1nc(C2CC2)nn1CCc1ccccc1. The number of thiazole rings is 1. The van der Waals surface area contributed by atoms with E-state index in [2.05, 4.69) is 46.9 Å². The molecule has 1 aliphatic rings. The van der Waals surface area contributed by atoms with Gasteiger partial charge < -0.3 is 0 Å². The van der Waals surface area contributed by atoms with Crippen LogP contribution in [0.1, 0.15) is 46.5 Å². The first kappa shape index (κ1) is 15.5. The van der Waals surface area contributed by atoms with Crippen LogP contribution < -0.4 is 0 Å². The van der Waals surface area contributed by atoms with Crippen molar-refractivity contribution in [3.05, 3.63) is 63.6 Å². The molecule has 0 bridgehead atoms. The van der Waals surface area contributed by atoms with E-state index in [-0.39, 0.29) is 0 Å². The van der Waals surface area contributed by atoms with Crippen LogP contribution in [0.15, 0.2) is 35.8 Å². The maximum Gasteiger partial charge on any atom is 0.154 e. The third-order valence-corrected chi connectivity index (χ3v) is 5.58. The van der Waals surface area contributed by atoms with E-state index in [0.29, 0.717) is 5.92 Å². The fourth-order valence-electron chi connectivity index (χ4n) is 2.94. The summed E-state index contributed by atoms with van der Waals surface area (Å²) in [5.41, 5.74) is 4.43. The van der Waals surface area contributed by atoms with Crippen LogP contribution in [0.5, 0.6) is 0 Å². The molecule has 3 aromatic rings. The zero-order chi connectivity index (χ0) is 16.4. The van der Waals surface area contributed by atoms with E-state index in [0.717, 1.165) is 43.1 Å². The van der Waals surface area contributed by atoms with Crippen LogP contribution in [0.4, 0.5) is 0 Å². The molecular formula is C19H22N4S. The van der Waals surface area contributed by atoms with Crippen LogP contribution in [-0.4, -0.2) is 19.7 Å². The number of rotatable bonds is 7. The summed E-state index contributed by atoms with van der Waals surface area (Å²) in [6.07, 6.45) is 5.44. The molecule has 2 aromatic heterocycles. The van der Waals surface area contributed by atoms with Gasteiger partial charge in [0.25, 0.3) is 0 Å². The van der Waals surface area contributed by atoms with Gasteiger partial charge in [-0.05, 0) is 38.2 Å². The van der Waals surface area contributed by atoms with Crippen LogP contribution in [0.2, 0.25) is 0 Å². The molecule has 124 valence electrons. The first-order valence-corrected chi connectivity index (χ1v) is 9.54. The predicted molar refractivity (Wildman–Crippen MR) is 96.4 cm³/mol. The normalized spacial score (nSPS) is 14.2. The summed E-state index contributed by atoms with van der Waals surface area (Å²) in [4.78, 5) is 10.6. The Hall–Kier alpha value is -2.01. The molecule has 4 rings (SSSR count). The van der Waals surface area contributed by atoms with Crippen LogP contribution in [0, 0.1) is 6.92 Å². The standard InChI is InChI=1S/C19H22N4S/c1-14-17(24-13-20-14)9-10-18-21-19(16-7-8-16)22-23(18)12-11-15-5-3-2-4-6-15/h2-6,13,16H,7-12H2,1H3. The van der Waals surface area contributed by atoms with Gasteiger partial charge in [0.05, 0.1) is 11.2 Å². The van der Waals surface area contributed by atoms with E-state index in [1.165, 1.54) is 23.3 Å². The van der Waals surface area contributed by atoms with Gasteiger partial charge in [-0.15, -0.1) is 11.3 Å². The third-order valence-electron chi connectivity index (χ3n) is 4.58. The zero-order valence-electron chi connectivity index (χ0n) is 14.0. The van der Waals surface area contributed by atoms with Crippen LogP contribution in [0.25, 0.3) is 0 Å². The fourth-order valence-corrected chi connectivity index (χ4v) is 3.72. The number of hydrogen-bond acceptors (Lipinski definition) is 4. The van der Waals surface area contributed by atoms with Crippen LogP contribution in [-0.2, 0) is 25.8 Å². The summed E-state index contributed by atoms with van der Waals surface area (Å²) in [6, 6.07) is 10.6. The Bertz CT molecular complexity index is 802. The van der Waals surface area contributed by atoms with Gasteiger partial charge in [0.1, 0.15) is 5.82 Å². The molecule has 0 saturated heterocycles. The second kappa shape index (κ2) is 6.85. The highest BCUT2D eigenvalue weighted by molar-refractivity contribution is 7.09. The summed E-state index contributed by atoms with van der Waals surface area (Å²) in [7, 11) is 0. The van der Waals surface area contributed by atoms with Crippen molar-refractivity contribution in [2.45, 2.75) is 51.5 Å². The monoisotopic (exact) mass is 338 g/mol. The molecule has 0 aliphatic heterocycles. The summed E-state index contributed by atoms with van der Waals surface area (Å²) in [5, 5.41) is 4.80. The summed E-state index contributed by atoms with van der Waals surface area (Å²) in [6.45, 7) is 2.99. The largest absolute Gasteiger partial charge is 0.250 e. The van der Waals surface area contributed by atoms with E-state index < -0.39 is 0 Å². The molecule has 0 spiro atoms. The molecule has 0 atom stereocenters. The molecule has 0 amide bonds. The molecule has 4 nitrogen and oxygen atoms in total. The highest BCUT2D eigenvalue weighted by Crippen LogP contribution is 2.38. The lowest BCUT2D eigenvalue weighted by molar-refractivity contribution is 0.573. The van der Waals surface area contributed by atoms with Gasteiger partial charge in [-0.3, -0.25) is 0 Å². The van der Waals surface area contributed by atoms with Crippen LogP contribution in [0.3, 0.4) is 0 Å². The second-order valence-electron chi connectivity index (χ2n) is 6.48. The van der Waals surface area contributed by atoms with Crippen molar-refractivity contribution < 1.29 is 0 Å². The van der Waals surface area contributed by atoms with Crippen molar-refractivity contribution in [3.63, 3.8) is 0 Å². The average molecular weight is 338 g/mol. The number of aromatic nitrogens is 4. The minimum atomic E-state index is 0.604.